The van der Waals surface area contributed by atoms with Gasteiger partial charge in [-0.1, -0.05) is 12.1 Å². The van der Waals surface area contributed by atoms with Gasteiger partial charge in [0.05, 0.1) is 40.8 Å². The molecule has 6 heterocycles. The van der Waals surface area contributed by atoms with Gasteiger partial charge in [-0.3, -0.25) is 15.1 Å². The van der Waals surface area contributed by atoms with Crippen LogP contribution in [0.4, 0.5) is 5.82 Å². The molecule has 0 atom stereocenters. The van der Waals surface area contributed by atoms with Gasteiger partial charge in [0.15, 0.2) is 5.82 Å². The summed E-state index contributed by atoms with van der Waals surface area (Å²) < 4.78 is 0. The number of rotatable bonds is 4. The molecule has 1 saturated heterocycles. The Kier molecular flexibility index (Phi) is 4.23. The van der Waals surface area contributed by atoms with Crippen LogP contribution in [0.15, 0.2) is 59.7 Å². The number of para-hydroxylation sites is 1. The van der Waals surface area contributed by atoms with Crippen LogP contribution in [-0.4, -0.2) is 54.2 Å². The van der Waals surface area contributed by atoms with Crippen molar-refractivity contribution in [2.45, 2.75) is 6.04 Å². The zero-order valence-corrected chi connectivity index (χ0v) is 18.8. The Hall–Kier alpha value is -4.15. The second-order valence-corrected chi connectivity index (χ2v) is 9.19. The summed E-state index contributed by atoms with van der Waals surface area (Å²) in [5, 5.41) is 12.7. The second kappa shape index (κ2) is 7.44. The molecule has 0 aliphatic carbocycles. The van der Waals surface area contributed by atoms with Gasteiger partial charge in [0, 0.05) is 30.1 Å². The molecule has 9 nitrogen and oxygen atoms in total. The maximum Gasteiger partial charge on any atom is 0.159 e. The average molecular weight is 466 g/mol. The lowest BCUT2D eigenvalue weighted by Crippen LogP contribution is -2.56. The number of anilines is 1. The molecule has 34 heavy (non-hydrogen) atoms. The minimum absolute atomic E-state index is 0.192. The summed E-state index contributed by atoms with van der Waals surface area (Å²) >= 11 is 1.67. The number of nitrogens with zero attached hydrogens (tertiary/aromatic N) is 6. The van der Waals surface area contributed by atoms with Crippen molar-refractivity contribution in [3.8, 4) is 34.0 Å². The highest BCUT2D eigenvalue weighted by molar-refractivity contribution is 7.08. The number of imidazole rings is 1. The molecular weight excluding hydrogens is 446 g/mol. The van der Waals surface area contributed by atoms with E-state index in [4.69, 9.17) is 15.7 Å². The zero-order chi connectivity index (χ0) is 22.6. The van der Waals surface area contributed by atoms with Gasteiger partial charge in [-0.2, -0.15) is 16.4 Å². The molecule has 166 valence electrons. The number of pyridine rings is 1. The minimum atomic E-state index is 0.192. The molecule has 4 N–H and O–H groups in total. The lowest BCUT2D eigenvalue weighted by Gasteiger charge is -2.37. The van der Waals surface area contributed by atoms with Gasteiger partial charge < -0.3 is 15.6 Å². The smallest absolute Gasteiger partial charge is 0.159 e. The van der Waals surface area contributed by atoms with Crippen LogP contribution in [0.5, 0.6) is 0 Å². The van der Waals surface area contributed by atoms with E-state index in [1.165, 1.54) is 0 Å². The Balaban J connectivity index is 1.31. The first kappa shape index (κ1) is 19.3. The number of aromatic amines is 2. The first-order valence-corrected chi connectivity index (χ1v) is 11.9. The summed E-state index contributed by atoms with van der Waals surface area (Å²) in [6.45, 7) is 1.58. The van der Waals surface area contributed by atoms with E-state index >= 15 is 0 Å². The SMILES string of the molecule is NC1CN(c2cncc(-c3cc4c(-c5nc6c(-c7ccsc7)cccc6[nH]5)n[nH]c4cn3)n2)C1. The fourth-order valence-corrected chi connectivity index (χ4v) is 5.02. The Bertz CT molecular complexity index is 1640. The normalized spacial score (nSPS) is 14.2. The summed E-state index contributed by atoms with van der Waals surface area (Å²) in [7, 11) is 0. The average Bonchev–Trinajstić information content (AvgIpc) is 3.60. The van der Waals surface area contributed by atoms with Crippen LogP contribution in [-0.2, 0) is 0 Å². The quantitative estimate of drug-likeness (QED) is 0.361. The van der Waals surface area contributed by atoms with E-state index in [0.29, 0.717) is 11.5 Å². The zero-order valence-electron chi connectivity index (χ0n) is 17.9. The Morgan fingerprint density at radius 3 is 2.82 bits per heavy atom. The molecular formula is C24H19N9S. The number of nitrogens with two attached hydrogens (primary N) is 1. The third-order valence-electron chi connectivity index (χ3n) is 6.13. The highest BCUT2D eigenvalue weighted by Crippen LogP contribution is 2.33. The lowest BCUT2D eigenvalue weighted by molar-refractivity contribution is 0.514. The van der Waals surface area contributed by atoms with Gasteiger partial charge >= 0.3 is 0 Å². The van der Waals surface area contributed by atoms with Crippen molar-refractivity contribution >= 4 is 39.1 Å². The van der Waals surface area contributed by atoms with Gasteiger partial charge in [-0.05, 0) is 34.5 Å². The third kappa shape index (κ3) is 3.07. The van der Waals surface area contributed by atoms with Crippen molar-refractivity contribution in [1.82, 2.24) is 35.1 Å². The van der Waals surface area contributed by atoms with E-state index < -0.39 is 0 Å². The number of fused-ring (bicyclic) bond motifs is 2. The summed E-state index contributed by atoms with van der Waals surface area (Å²) in [6.07, 6.45) is 5.26. The Morgan fingerprint density at radius 1 is 1.03 bits per heavy atom. The molecule has 0 spiro atoms. The largest absolute Gasteiger partial charge is 0.352 e. The van der Waals surface area contributed by atoms with Gasteiger partial charge in [0.1, 0.15) is 17.2 Å². The number of hydrogen-bond acceptors (Lipinski definition) is 8. The predicted octanol–water partition coefficient (Wildman–Crippen LogP) is 3.83. The molecule has 0 radical (unpaired) electrons. The monoisotopic (exact) mass is 465 g/mol. The summed E-state index contributed by atoms with van der Waals surface area (Å²) in [6, 6.07) is 10.5. The van der Waals surface area contributed by atoms with E-state index in [-0.39, 0.29) is 6.04 Å². The fraction of sp³-hybridized carbons (Fsp3) is 0.125. The van der Waals surface area contributed by atoms with Gasteiger partial charge in [-0.25, -0.2) is 9.97 Å². The van der Waals surface area contributed by atoms with Gasteiger partial charge in [0.2, 0.25) is 0 Å². The van der Waals surface area contributed by atoms with E-state index in [2.05, 4.69) is 52.9 Å². The molecule has 0 amide bonds. The molecule has 1 aromatic carbocycles. The van der Waals surface area contributed by atoms with Crippen molar-refractivity contribution in [2.75, 3.05) is 18.0 Å². The molecule has 1 aliphatic heterocycles. The van der Waals surface area contributed by atoms with E-state index in [1.54, 1.807) is 29.9 Å². The van der Waals surface area contributed by atoms with Crippen molar-refractivity contribution in [1.29, 1.82) is 0 Å². The number of thiophene rings is 1. The second-order valence-electron chi connectivity index (χ2n) is 8.41. The summed E-state index contributed by atoms with van der Waals surface area (Å²) in [5.41, 5.74) is 13.1. The first-order valence-electron chi connectivity index (χ1n) is 10.9. The van der Waals surface area contributed by atoms with Crippen LogP contribution in [0, 0.1) is 0 Å². The van der Waals surface area contributed by atoms with E-state index in [0.717, 1.165) is 63.4 Å². The highest BCUT2D eigenvalue weighted by Gasteiger charge is 2.25. The molecule has 10 heteroatoms. The van der Waals surface area contributed by atoms with Crippen molar-refractivity contribution in [3.05, 3.63) is 59.7 Å². The molecule has 0 unspecified atom stereocenters. The van der Waals surface area contributed by atoms with Crippen molar-refractivity contribution < 1.29 is 0 Å². The molecule has 1 fully saturated rings. The van der Waals surface area contributed by atoms with Crippen LogP contribution >= 0.6 is 11.3 Å². The molecule has 6 aromatic rings. The van der Waals surface area contributed by atoms with Crippen LogP contribution in [0.1, 0.15) is 0 Å². The van der Waals surface area contributed by atoms with Gasteiger partial charge in [0.25, 0.3) is 0 Å². The Morgan fingerprint density at radius 2 is 1.97 bits per heavy atom. The predicted molar refractivity (Wildman–Crippen MR) is 134 cm³/mol. The minimum Gasteiger partial charge on any atom is -0.352 e. The molecule has 5 aromatic heterocycles. The highest BCUT2D eigenvalue weighted by atomic mass is 32.1. The molecule has 0 bridgehead atoms. The van der Waals surface area contributed by atoms with Crippen molar-refractivity contribution in [2.24, 2.45) is 5.73 Å². The van der Waals surface area contributed by atoms with Crippen LogP contribution in [0.2, 0.25) is 0 Å². The summed E-state index contributed by atoms with van der Waals surface area (Å²) in [4.78, 5) is 24.2. The topological polar surface area (TPSA) is 125 Å². The third-order valence-corrected chi connectivity index (χ3v) is 6.82. The maximum atomic E-state index is 5.92. The van der Waals surface area contributed by atoms with E-state index in [9.17, 15) is 0 Å². The number of aromatic nitrogens is 7. The number of nitrogens with one attached hydrogen (secondary N) is 2. The summed E-state index contributed by atoms with van der Waals surface area (Å²) in [5.74, 6) is 1.52. The Labute approximate surface area is 197 Å². The van der Waals surface area contributed by atoms with Crippen LogP contribution < -0.4 is 10.6 Å². The number of hydrogen-bond donors (Lipinski definition) is 3. The molecule has 7 rings (SSSR count). The van der Waals surface area contributed by atoms with Crippen LogP contribution in [0.25, 0.3) is 56.0 Å². The molecule has 0 saturated carbocycles. The van der Waals surface area contributed by atoms with E-state index in [1.807, 2.05) is 18.2 Å². The van der Waals surface area contributed by atoms with Crippen molar-refractivity contribution in [3.63, 3.8) is 0 Å². The lowest BCUT2D eigenvalue weighted by atomic mass is 10.1. The molecule has 1 aliphatic rings. The number of benzene rings is 1. The van der Waals surface area contributed by atoms with Crippen LogP contribution in [0.3, 0.4) is 0 Å². The maximum absolute atomic E-state index is 5.92. The fourth-order valence-electron chi connectivity index (χ4n) is 4.36. The number of H-pyrrole nitrogens is 2. The first-order chi connectivity index (χ1) is 16.7. The standard InChI is InChI=1S/C24H19N9S/c25-14-10-33(11-14)21-9-26-7-20(28-21)18-6-16-19(8-27-18)31-32-23(16)24-29-17-3-1-2-15(22(17)30-24)13-4-5-34-12-13/h1-9,12,14H,10-11,25H2,(H,29,30)(H,31,32). The van der Waals surface area contributed by atoms with Gasteiger partial charge in [-0.15, -0.1) is 0 Å².